The second kappa shape index (κ2) is 9.31. The van der Waals surface area contributed by atoms with E-state index in [0.29, 0.717) is 11.5 Å². The van der Waals surface area contributed by atoms with Crippen LogP contribution in [0.1, 0.15) is 52.9 Å². The highest BCUT2D eigenvalue weighted by atomic mass is 32.2. The minimum absolute atomic E-state index is 0.00588. The predicted octanol–water partition coefficient (Wildman–Crippen LogP) is 3.64. The Hall–Kier alpha value is -3.58. The molecule has 1 saturated carbocycles. The van der Waals surface area contributed by atoms with Gasteiger partial charge in [-0.3, -0.25) is 9.36 Å². The molecule has 1 aromatic carbocycles. The molecule has 0 radical (unpaired) electrons. The Labute approximate surface area is 220 Å². The van der Waals surface area contributed by atoms with Crippen LogP contribution in [0.15, 0.2) is 40.5 Å². The Morgan fingerprint density at radius 1 is 1.21 bits per heavy atom. The van der Waals surface area contributed by atoms with Crippen molar-refractivity contribution in [2.75, 3.05) is 17.4 Å². The van der Waals surface area contributed by atoms with Gasteiger partial charge in [0.2, 0.25) is 21.9 Å². The van der Waals surface area contributed by atoms with Gasteiger partial charge in [-0.1, -0.05) is 19.3 Å². The van der Waals surface area contributed by atoms with Crippen LogP contribution >= 0.6 is 0 Å². The first-order chi connectivity index (χ1) is 17.9. The lowest BCUT2D eigenvalue weighted by Gasteiger charge is -2.47. The second-order valence-corrected chi connectivity index (χ2v) is 11.7. The van der Waals surface area contributed by atoms with Gasteiger partial charge in [-0.15, -0.1) is 0 Å². The molecule has 2 aromatic heterocycles. The standard InChI is InChI=1S/C25H31FN8O3S/c1-15(2)34-21-12-17-14-28-24(29-20-9-8-18(13-19(20)26)38(27,36)37)30-22(17)33(21)25(10-6-5-7-11-25)23(31-34)32(4)16(3)35/h8-9,12-15H,5-7,10-11H2,1-4H3,(H2,27,36,37)(H,28,29,30). The van der Waals surface area contributed by atoms with Gasteiger partial charge in [0.1, 0.15) is 22.8 Å². The normalized spacial score (nSPS) is 17.0. The van der Waals surface area contributed by atoms with Crippen LogP contribution in [0.2, 0.25) is 0 Å². The number of fused-ring (bicyclic) bond motifs is 4. The van der Waals surface area contributed by atoms with Crippen LogP contribution < -0.4 is 15.5 Å². The van der Waals surface area contributed by atoms with Crippen LogP contribution in [0.4, 0.5) is 21.8 Å². The molecule has 1 spiro atoms. The number of carbonyl (C=O) groups is 1. The summed E-state index contributed by atoms with van der Waals surface area (Å²) in [6.45, 7) is 5.59. The second-order valence-electron chi connectivity index (χ2n) is 10.2. The number of amidine groups is 1. The van der Waals surface area contributed by atoms with E-state index in [2.05, 4.69) is 14.9 Å². The van der Waals surface area contributed by atoms with E-state index in [1.807, 2.05) is 24.9 Å². The first kappa shape index (κ1) is 26.0. The Morgan fingerprint density at radius 3 is 2.53 bits per heavy atom. The van der Waals surface area contributed by atoms with E-state index in [1.165, 1.54) is 19.1 Å². The van der Waals surface area contributed by atoms with Gasteiger partial charge < -0.3 is 10.2 Å². The Morgan fingerprint density at radius 2 is 1.92 bits per heavy atom. The van der Waals surface area contributed by atoms with Crippen LogP contribution in [-0.2, 0) is 20.4 Å². The number of amides is 1. The number of aromatic nitrogens is 3. The Balaban J connectivity index is 1.66. The molecule has 0 atom stereocenters. The van der Waals surface area contributed by atoms with Crippen LogP contribution in [0.3, 0.4) is 0 Å². The lowest BCUT2D eigenvalue weighted by Crippen LogP contribution is -2.56. The summed E-state index contributed by atoms with van der Waals surface area (Å²) in [5.74, 6) is 0.776. The number of anilines is 3. The summed E-state index contributed by atoms with van der Waals surface area (Å²) in [6, 6.07) is 5.35. The number of carbonyl (C=O) groups excluding carboxylic acids is 1. The number of rotatable bonds is 4. The van der Waals surface area contributed by atoms with Gasteiger partial charge in [-0.25, -0.2) is 27.9 Å². The van der Waals surface area contributed by atoms with E-state index < -0.39 is 21.4 Å². The van der Waals surface area contributed by atoms with Crippen molar-refractivity contribution in [2.45, 2.75) is 69.4 Å². The van der Waals surface area contributed by atoms with Crippen LogP contribution in [0.25, 0.3) is 11.0 Å². The van der Waals surface area contributed by atoms with E-state index in [4.69, 9.17) is 15.2 Å². The van der Waals surface area contributed by atoms with Crippen molar-refractivity contribution in [1.82, 2.24) is 19.4 Å². The predicted molar refractivity (Wildman–Crippen MR) is 143 cm³/mol. The highest BCUT2D eigenvalue weighted by molar-refractivity contribution is 7.89. The lowest BCUT2D eigenvalue weighted by molar-refractivity contribution is -0.124. The van der Waals surface area contributed by atoms with Crippen LogP contribution in [0.5, 0.6) is 0 Å². The number of nitrogens with two attached hydrogens (primary N) is 1. The summed E-state index contributed by atoms with van der Waals surface area (Å²) in [6.07, 6.45) is 6.30. The zero-order chi connectivity index (χ0) is 27.4. The van der Waals surface area contributed by atoms with Crippen molar-refractivity contribution < 1.29 is 17.6 Å². The summed E-state index contributed by atoms with van der Waals surface area (Å²) in [7, 11) is -2.29. The molecule has 0 bridgehead atoms. The van der Waals surface area contributed by atoms with Gasteiger partial charge >= 0.3 is 0 Å². The Kier molecular flexibility index (Phi) is 6.38. The highest BCUT2D eigenvalue weighted by Gasteiger charge is 2.48. The fraction of sp³-hybridized carbons (Fsp3) is 0.440. The van der Waals surface area contributed by atoms with Crippen LogP contribution in [0, 0.1) is 5.82 Å². The molecule has 3 aromatic rings. The molecule has 1 fully saturated rings. The van der Waals surface area contributed by atoms with Crippen molar-refractivity contribution in [3.63, 3.8) is 0 Å². The number of primary sulfonamides is 1. The SMILES string of the molecule is CC(=O)N(C)C1=NN(C(C)C)c2cc3cnc(Nc4ccc(S(N)(=O)=O)cc4F)nc3n2C12CCCCC2. The molecule has 3 heterocycles. The number of halogens is 1. The number of benzene rings is 1. The topological polar surface area (TPSA) is 139 Å². The van der Waals surface area contributed by atoms with Crippen molar-refractivity contribution in [1.29, 1.82) is 0 Å². The average Bonchev–Trinajstić information content (AvgIpc) is 3.24. The van der Waals surface area contributed by atoms with Crippen molar-refractivity contribution in [3.05, 3.63) is 36.3 Å². The van der Waals surface area contributed by atoms with Crippen molar-refractivity contribution in [3.8, 4) is 0 Å². The van der Waals surface area contributed by atoms with Crippen molar-refractivity contribution in [2.24, 2.45) is 10.2 Å². The third-order valence-electron chi connectivity index (χ3n) is 7.28. The van der Waals surface area contributed by atoms with Gasteiger partial charge in [0.15, 0.2) is 5.84 Å². The molecule has 1 amide bonds. The van der Waals surface area contributed by atoms with Gasteiger partial charge in [-0.2, -0.15) is 10.1 Å². The minimum atomic E-state index is -4.04. The number of nitrogens with one attached hydrogen (secondary N) is 1. The molecule has 0 saturated heterocycles. The largest absolute Gasteiger partial charge is 0.322 e. The molecule has 38 heavy (non-hydrogen) atoms. The van der Waals surface area contributed by atoms with Gasteiger partial charge in [0.25, 0.3) is 0 Å². The fourth-order valence-corrected chi connectivity index (χ4v) is 5.88. The number of nitrogens with zero attached hydrogens (tertiary/aromatic N) is 6. The number of likely N-dealkylation sites (N-methyl/N-ethyl adjacent to an activating group) is 1. The molecule has 3 N–H and O–H groups in total. The minimum Gasteiger partial charge on any atom is -0.322 e. The maximum absolute atomic E-state index is 14.7. The molecule has 1 aliphatic heterocycles. The molecule has 202 valence electrons. The average molecular weight is 543 g/mol. The first-order valence-corrected chi connectivity index (χ1v) is 14.1. The van der Waals surface area contributed by atoms with Crippen molar-refractivity contribution >= 4 is 50.3 Å². The summed E-state index contributed by atoms with van der Waals surface area (Å²) in [5, 5.41) is 15.7. The number of hydrogen-bond acceptors (Lipinski definition) is 8. The summed E-state index contributed by atoms with van der Waals surface area (Å²) >= 11 is 0. The third kappa shape index (κ3) is 4.29. The summed E-state index contributed by atoms with van der Waals surface area (Å²) in [5.41, 5.74) is 0.0719. The quantitative estimate of drug-likeness (QED) is 0.513. The molecular formula is C25H31FN8O3S. The maximum Gasteiger partial charge on any atom is 0.238 e. The smallest absolute Gasteiger partial charge is 0.238 e. The lowest BCUT2D eigenvalue weighted by atomic mass is 9.79. The van der Waals surface area contributed by atoms with Gasteiger partial charge in [0, 0.05) is 31.6 Å². The number of hydrazone groups is 1. The third-order valence-corrected chi connectivity index (χ3v) is 8.19. The molecule has 11 nitrogen and oxygen atoms in total. The summed E-state index contributed by atoms with van der Waals surface area (Å²) < 4.78 is 40.0. The van der Waals surface area contributed by atoms with E-state index in [0.717, 1.165) is 49.4 Å². The fourth-order valence-electron chi connectivity index (χ4n) is 5.36. The van der Waals surface area contributed by atoms with Gasteiger partial charge in [0.05, 0.1) is 10.6 Å². The molecule has 13 heteroatoms. The van der Waals surface area contributed by atoms with E-state index >= 15 is 0 Å². The zero-order valence-corrected chi connectivity index (χ0v) is 22.6. The first-order valence-electron chi connectivity index (χ1n) is 12.5. The monoisotopic (exact) mass is 542 g/mol. The van der Waals surface area contributed by atoms with E-state index in [1.54, 1.807) is 18.1 Å². The summed E-state index contributed by atoms with van der Waals surface area (Å²) in [4.78, 5) is 23.0. The zero-order valence-electron chi connectivity index (χ0n) is 21.8. The number of hydrogen-bond donors (Lipinski definition) is 2. The van der Waals surface area contributed by atoms with E-state index in [9.17, 15) is 17.6 Å². The maximum atomic E-state index is 14.7. The van der Waals surface area contributed by atoms with E-state index in [-0.39, 0.29) is 28.5 Å². The van der Waals surface area contributed by atoms with Gasteiger partial charge in [-0.05, 0) is 51.0 Å². The molecule has 0 unspecified atom stereocenters. The Bertz CT molecular complexity index is 1560. The highest BCUT2D eigenvalue weighted by Crippen LogP contribution is 2.46. The van der Waals surface area contributed by atoms with Crippen LogP contribution in [-0.4, -0.2) is 52.7 Å². The molecule has 2 aliphatic rings. The molecule has 5 rings (SSSR count). The number of sulfonamides is 1. The molecular weight excluding hydrogens is 511 g/mol. The molecule has 1 aliphatic carbocycles.